The highest BCUT2D eigenvalue weighted by Gasteiger charge is 2.30. The molecule has 2 bridgehead atoms. The predicted molar refractivity (Wildman–Crippen MR) is 150 cm³/mol. The van der Waals surface area contributed by atoms with Gasteiger partial charge in [0.05, 0.1) is 28.7 Å². The maximum absolute atomic E-state index is 4.85. The third kappa shape index (κ3) is 3.25. The first-order valence-corrected chi connectivity index (χ1v) is 12.8. The lowest BCUT2D eigenvalue weighted by molar-refractivity contribution is 0.651. The van der Waals surface area contributed by atoms with Gasteiger partial charge in [0.25, 0.3) is 0 Å². The summed E-state index contributed by atoms with van der Waals surface area (Å²) >= 11 is 0. The van der Waals surface area contributed by atoms with E-state index >= 15 is 0 Å². The summed E-state index contributed by atoms with van der Waals surface area (Å²) in [6.45, 7) is 6.90. The van der Waals surface area contributed by atoms with E-state index in [9.17, 15) is 0 Å². The Labute approximate surface area is 214 Å². The van der Waals surface area contributed by atoms with E-state index in [0.717, 1.165) is 64.6 Å². The second-order valence-electron chi connectivity index (χ2n) is 10.4. The Bertz CT molecular complexity index is 1720. The van der Waals surface area contributed by atoms with Gasteiger partial charge in [0.1, 0.15) is 11.6 Å². The number of H-pyrrole nitrogens is 2. The van der Waals surface area contributed by atoms with E-state index in [4.69, 9.17) is 9.97 Å². The molecular formula is C31H26N6. The number of benzene rings is 4. The maximum Gasteiger partial charge on any atom is 0.138 e. The lowest BCUT2D eigenvalue weighted by atomic mass is 9.98. The molecule has 6 nitrogen and oxygen atoms in total. The van der Waals surface area contributed by atoms with Crippen molar-refractivity contribution in [1.82, 2.24) is 19.9 Å². The molecule has 0 saturated carbocycles. The Morgan fingerprint density at radius 3 is 1.57 bits per heavy atom. The summed E-state index contributed by atoms with van der Waals surface area (Å²) in [6, 6.07) is 26.2. The zero-order chi connectivity index (χ0) is 24.7. The number of fused-ring (bicyclic) bond motifs is 8. The number of hydrogen-bond acceptors (Lipinski definition) is 4. The molecule has 0 saturated heterocycles. The molecule has 180 valence electrons. The number of rotatable bonds is 2. The normalized spacial score (nSPS) is 14.3. The molecule has 37 heavy (non-hydrogen) atoms. The van der Waals surface area contributed by atoms with E-state index in [-0.39, 0.29) is 0 Å². The molecule has 0 atom stereocenters. The number of nitrogens with zero attached hydrogens (tertiary/aromatic N) is 4. The van der Waals surface area contributed by atoms with Gasteiger partial charge in [0.2, 0.25) is 0 Å². The summed E-state index contributed by atoms with van der Waals surface area (Å²) in [5.74, 6) is 1.85. The average Bonchev–Trinajstić information content (AvgIpc) is 3.52. The smallest absolute Gasteiger partial charge is 0.138 e. The van der Waals surface area contributed by atoms with Gasteiger partial charge in [0, 0.05) is 35.6 Å². The Balaban J connectivity index is 1.13. The molecule has 0 radical (unpaired) electrons. The number of imidazole rings is 2. The molecule has 6 aromatic rings. The summed E-state index contributed by atoms with van der Waals surface area (Å²) < 4.78 is 0. The van der Waals surface area contributed by atoms with E-state index in [2.05, 4.69) is 106 Å². The second-order valence-corrected chi connectivity index (χ2v) is 10.4. The molecule has 2 aromatic heterocycles. The van der Waals surface area contributed by atoms with Crippen LogP contribution in [0.25, 0.3) is 44.8 Å². The zero-order valence-electron chi connectivity index (χ0n) is 20.8. The molecule has 2 N–H and O–H groups in total. The van der Waals surface area contributed by atoms with Crippen molar-refractivity contribution < 1.29 is 0 Å². The highest BCUT2D eigenvalue weighted by Crippen LogP contribution is 2.40. The zero-order valence-corrected chi connectivity index (χ0v) is 20.8. The SMILES string of the molecule is Cc1ccc2nc(-c3ccc4c(c3)CN3CN4Cc4cc(-c5nc6ccc(C)cc6[nH]5)ccc43)[nH]c2c1. The van der Waals surface area contributed by atoms with Crippen molar-refractivity contribution in [2.75, 3.05) is 16.5 Å². The third-order valence-electron chi connectivity index (χ3n) is 7.73. The molecule has 0 unspecified atom stereocenters. The minimum Gasteiger partial charge on any atom is -0.349 e. The first-order valence-electron chi connectivity index (χ1n) is 12.8. The van der Waals surface area contributed by atoms with Gasteiger partial charge < -0.3 is 19.8 Å². The molecule has 8 rings (SSSR count). The van der Waals surface area contributed by atoms with Crippen molar-refractivity contribution in [3.05, 3.63) is 95.1 Å². The minimum absolute atomic E-state index is 0.884. The molecule has 4 heterocycles. The lowest BCUT2D eigenvalue weighted by Crippen LogP contribution is -2.46. The number of aromatic amines is 2. The van der Waals surface area contributed by atoms with E-state index in [1.54, 1.807) is 0 Å². The van der Waals surface area contributed by atoms with Crippen LogP contribution in [-0.4, -0.2) is 26.6 Å². The van der Waals surface area contributed by atoms with Crippen molar-refractivity contribution in [2.24, 2.45) is 0 Å². The van der Waals surface area contributed by atoms with Crippen molar-refractivity contribution in [2.45, 2.75) is 26.9 Å². The van der Waals surface area contributed by atoms with Crippen molar-refractivity contribution in [1.29, 1.82) is 0 Å². The number of aryl methyl sites for hydroxylation is 2. The summed E-state index contributed by atoms with van der Waals surface area (Å²) in [5, 5.41) is 0. The summed E-state index contributed by atoms with van der Waals surface area (Å²) in [7, 11) is 0. The van der Waals surface area contributed by atoms with E-state index in [1.165, 1.54) is 33.6 Å². The quantitative estimate of drug-likeness (QED) is 0.289. The Morgan fingerprint density at radius 2 is 1.08 bits per heavy atom. The first kappa shape index (κ1) is 20.6. The molecule has 6 heteroatoms. The van der Waals surface area contributed by atoms with Crippen molar-refractivity contribution >= 4 is 33.4 Å². The van der Waals surface area contributed by atoms with Gasteiger partial charge >= 0.3 is 0 Å². The summed E-state index contributed by atoms with van der Waals surface area (Å²) in [6.07, 6.45) is 0. The highest BCUT2D eigenvalue weighted by molar-refractivity contribution is 5.82. The largest absolute Gasteiger partial charge is 0.349 e. The Hall–Kier alpha value is -4.58. The van der Waals surface area contributed by atoms with Crippen LogP contribution in [0.3, 0.4) is 0 Å². The molecule has 0 amide bonds. The predicted octanol–water partition coefficient (Wildman–Crippen LogP) is 6.69. The number of aromatic nitrogens is 4. The molecular weight excluding hydrogens is 456 g/mol. The van der Waals surface area contributed by atoms with Gasteiger partial charge in [-0.15, -0.1) is 0 Å². The minimum atomic E-state index is 0.884. The van der Waals surface area contributed by atoms with E-state index in [0.29, 0.717) is 0 Å². The third-order valence-corrected chi connectivity index (χ3v) is 7.73. The lowest BCUT2D eigenvalue weighted by Gasteiger charge is -2.45. The van der Waals surface area contributed by atoms with Crippen LogP contribution in [0.4, 0.5) is 11.4 Å². The number of anilines is 2. The van der Waals surface area contributed by atoms with Crippen LogP contribution in [0, 0.1) is 13.8 Å². The van der Waals surface area contributed by atoms with E-state index < -0.39 is 0 Å². The molecule has 2 aliphatic rings. The molecule has 2 aliphatic heterocycles. The number of nitrogens with one attached hydrogen (secondary N) is 2. The monoisotopic (exact) mass is 482 g/mol. The fraction of sp³-hybridized carbons (Fsp3) is 0.161. The Kier molecular flexibility index (Phi) is 4.15. The van der Waals surface area contributed by atoms with Crippen LogP contribution >= 0.6 is 0 Å². The van der Waals surface area contributed by atoms with Gasteiger partial charge in [-0.05, 0) is 96.8 Å². The van der Waals surface area contributed by atoms with E-state index in [1.807, 2.05) is 0 Å². The topological polar surface area (TPSA) is 63.8 Å². The van der Waals surface area contributed by atoms with Crippen LogP contribution in [0.5, 0.6) is 0 Å². The number of hydrogen-bond donors (Lipinski definition) is 2. The van der Waals surface area contributed by atoms with Crippen LogP contribution in [0.1, 0.15) is 22.3 Å². The van der Waals surface area contributed by atoms with Crippen molar-refractivity contribution in [3.8, 4) is 22.8 Å². The van der Waals surface area contributed by atoms with Gasteiger partial charge in [0.15, 0.2) is 0 Å². The summed E-state index contributed by atoms with van der Waals surface area (Å²) in [4.78, 5) is 21.7. The molecule has 4 aromatic carbocycles. The standard InChI is InChI=1S/C31H26N6/c1-18-3-7-24-26(11-18)34-30(32-24)20-5-9-28-22(13-20)15-36-17-37(28)16-23-14-21(6-10-29(23)36)31-33-25-8-4-19(2)12-27(25)35-31/h3-14H,15-17H2,1-2H3,(H,32,34)(H,33,35). The molecule has 0 fully saturated rings. The molecule has 0 spiro atoms. The highest BCUT2D eigenvalue weighted by atomic mass is 15.4. The van der Waals surface area contributed by atoms with Crippen LogP contribution in [0.2, 0.25) is 0 Å². The van der Waals surface area contributed by atoms with Gasteiger partial charge in [-0.3, -0.25) is 0 Å². The van der Waals surface area contributed by atoms with Gasteiger partial charge in [-0.25, -0.2) is 9.97 Å². The fourth-order valence-corrected chi connectivity index (χ4v) is 5.90. The fourth-order valence-electron chi connectivity index (χ4n) is 5.90. The van der Waals surface area contributed by atoms with Crippen molar-refractivity contribution in [3.63, 3.8) is 0 Å². The van der Waals surface area contributed by atoms with Crippen LogP contribution < -0.4 is 9.80 Å². The molecule has 0 aliphatic carbocycles. The van der Waals surface area contributed by atoms with Crippen LogP contribution in [-0.2, 0) is 13.1 Å². The maximum atomic E-state index is 4.85. The van der Waals surface area contributed by atoms with Gasteiger partial charge in [-0.1, -0.05) is 12.1 Å². The Morgan fingerprint density at radius 1 is 0.595 bits per heavy atom. The van der Waals surface area contributed by atoms with Crippen LogP contribution in [0.15, 0.2) is 72.8 Å². The van der Waals surface area contributed by atoms with Gasteiger partial charge in [-0.2, -0.15) is 0 Å². The summed E-state index contributed by atoms with van der Waals surface area (Å²) in [5.41, 5.74) is 14.2. The second kappa shape index (κ2) is 7.46. The first-order chi connectivity index (χ1) is 18.1. The average molecular weight is 483 g/mol.